The number of ether oxygens (including phenoxy) is 1. The second-order valence-corrected chi connectivity index (χ2v) is 4.81. The largest absolute Gasteiger partial charge is 0.437 e. The van der Waals surface area contributed by atoms with Gasteiger partial charge >= 0.3 is 5.76 Å². The molecule has 0 unspecified atom stereocenters. The van der Waals surface area contributed by atoms with Crippen LogP contribution in [0.25, 0.3) is 0 Å². The Labute approximate surface area is 126 Å². The number of nitrogens with zero attached hydrogens (tertiary/aromatic N) is 4. The van der Waals surface area contributed by atoms with Crippen molar-refractivity contribution in [3.63, 3.8) is 0 Å². The molecule has 1 aromatic carbocycles. The van der Waals surface area contributed by atoms with Gasteiger partial charge in [0.05, 0.1) is 0 Å². The Bertz CT molecular complexity index is 788. The molecule has 22 heavy (non-hydrogen) atoms. The molecule has 0 aliphatic carbocycles. The van der Waals surface area contributed by atoms with Crippen molar-refractivity contribution in [2.24, 2.45) is 0 Å². The minimum Gasteiger partial charge on any atom is -0.390 e. The highest BCUT2D eigenvalue weighted by atomic mass is 16.5. The molecule has 2 heterocycles. The van der Waals surface area contributed by atoms with Crippen molar-refractivity contribution in [3.05, 3.63) is 70.6 Å². The molecule has 0 N–H and O–H groups in total. The van der Waals surface area contributed by atoms with Gasteiger partial charge in [-0.1, -0.05) is 30.3 Å². The Morgan fingerprint density at radius 1 is 1.23 bits per heavy atom. The molecule has 3 aromatic rings. The van der Waals surface area contributed by atoms with Gasteiger partial charge in [0.1, 0.15) is 19.0 Å². The fourth-order valence-electron chi connectivity index (χ4n) is 2.18. The van der Waals surface area contributed by atoms with Crippen LogP contribution in [0.4, 0.5) is 0 Å². The third-order valence-corrected chi connectivity index (χ3v) is 3.20. The van der Waals surface area contributed by atoms with Crippen LogP contribution in [0.5, 0.6) is 0 Å². The molecule has 114 valence electrons. The molecule has 3 rings (SSSR count). The second kappa shape index (κ2) is 6.40. The highest BCUT2D eigenvalue weighted by Gasteiger charge is 2.11. The molecule has 0 bridgehead atoms. The summed E-state index contributed by atoms with van der Waals surface area (Å²) < 4.78 is 13.1. The average molecular weight is 300 g/mol. The van der Waals surface area contributed by atoms with E-state index in [1.807, 2.05) is 41.1 Å². The third-order valence-electron chi connectivity index (χ3n) is 3.20. The number of hydrogen-bond acceptors (Lipinski definition) is 5. The van der Waals surface area contributed by atoms with Gasteiger partial charge < -0.3 is 13.7 Å². The lowest BCUT2D eigenvalue weighted by Gasteiger charge is -2.07. The number of aromatic nitrogens is 4. The SMILES string of the molecule is COCc1nn(Cc2nccn2Cc2ccccc2)c(=O)o1. The molecular formula is C15H16N4O3. The van der Waals surface area contributed by atoms with E-state index in [-0.39, 0.29) is 19.0 Å². The fraction of sp³-hybridized carbons (Fsp3) is 0.267. The molecular weight excluding hydrogens is 284 g/mol. The molecule has 0 aliphatic rings. The Morgan fingerprint density at radius 2 is 2.05 bits per heavy atom. The van der Waals surface area contributed by atoms with E-state index >= 15 is 0 Å². The van der Waals surface area contributed by atoms with Crippen molar-refractivity contribution in [3.8, 4) is 0 Å². The summed E-state index contributed by atoms with van der Waals surface area (Å²) in [5, 5.41) is 4.08. The maximum absolute atomic E-state index is 11.8. The Kier molecular flexibility index (Phi) is 4.15. The van der Waals surface area contributed by atoms with Crippen molar-refractivity contribution < 1.29 is 9.15 Å². The van der Waals surface area contributed by atoms with E-state index in [9.17, 15) is 4.79 Å². The van der Waals surface area contributed by atoms with Crippen molar-refractivity contribution in [1.82, 2.24) is 19.3 Å². The summed E-state index contributed by atoms with van der Waals surface area (Å²) in [4.78, 5) is 16.0. The van der Waals surface area contributed by atoms with Crippen LogP contribution in [0.15, 0.2) is 51.9 Å². The highest BCUT2D eigenvalue weighted by molar-refractivity contribution is 5.15. The van der Waals surface area contributed by atoms with Gasteiger partial charge in [0, 0.05) is 26.0 Å². The summed E-state index contributed by atoms with van der Waals surface area (Å²) in [5.74, 6) is 0.484. The van der Waals surface area contributed by atoms with Gasteiger partial charge in [-0.25, -0.2) is 9.78 Å². The van der Waals surface area contributed by atoms with Gasteiger partial charge in [-0.2, -0.15) is 4.68 Å². The summed E-state index contributed by atoms with van der Waals surface area (Å²) in [6.07, 6.45) is 3.59. The number of rotatable bonds is 6. The van der Waals surface area contributed by atoms with Crippen LogP contribution in [-0.4, -0.2) is 26.4 Å². The first-order chi connectivity index (χ1) is 10.8. The van der Waals surface area contributed by atoms with E-state index < -0.39 is 5.76 Å². The molecule has 2 aromatic heterocycles. The van der Waals surface area contributed by atoms with Gasteiger partial charge in [-0.3, -0.25) is 0 Å². The summed E-state index contributed by atoms with van der Waals surface area (Å²) in [7, 11) is 1.52. The lowest BCUT2D eigenvalue weighted by atomic mass is 10.2. The van der Waals surface area contributed by atoms with E-state index in [2.05, 4.69) is 10.1 Å². The molecule has 0 atom stereocenters. The standard InChI is InChI=1S/C15H16N4O3/c1-21-11-14-17-19(15(20)22-14)10-13-16-7-8-18(13)9-12-5-3-2-4-6-12/h2-8H,9-11H2,1H3. The molecule has 0 amide bonds. The summed E-state index contributed by atoms with van der Waals surface area (Å²) >= 11 is 0. The maximum atomic E-state index is 11.8. The summed E-state index contributed by atoms with van der Waals surface area (Å²) in [5.41, 5.74) is 1.16. The summed E-state index contributed by atoms with van der Waals surface area (Å²) in [6, 6.07) is 10.0. The molecule has 7 nitrogen and oxygen atoms in total. The van der Waals surface area contributed by atoms with E-state index in [1.54, 1.807) is 6.20 Å². The predicted octanol–water partition coefficient (Wildman–Crippen LogP) is 1.28. The predicted molar refractivity (Wildman–Crippen MR) is 78.3 cm³/mol. The maximum Gasteiger partial charge on any atom is 0.437 e. The smallest absolute Gasteiger partial charge is 0.390 e. The van der Waals surface area contributed by atoms with Crippen molar-refractivity contribution >= 4 is 0 Å². The van der Waals surface area contributed by atoms with Gasteiger partial charge in [-0.05, 0) is 5.56 Å². The molecule has 0 spiro atoms. The van der Waals surface area contributed by atoms with Crippen LogP contribution in [0, 0.1) is 0 Å². The quantitative estimate of drug-likeness (QED) is 0.685. The van der Waals surface area contributed by atoms with E-state index in [0.29, 0.717) is 6.54 Å². The topological polar surface area (TPSA) is 75.1 Å². The number of imidazole rings is 1. The monoisotopic (exact) mass is 300 g/mol. The average Bonchev–Trinajstić information content (AvgIpc) is 3.09. The minimum atomic E-state index is -0.513. The molecule has 0 saturated carbocycles. The first-order valence-electron chi connectivity index (χ1n) is 6.86. The van der Waals surface area contributed by atoms with Crippen molar-refractivity contribution in [2.75, 3.05) is 7.11 Å². The van der Waals surface area contributed by atoms with E-state index in [4.69, 9.17) is 9.15 Å². The number of benzene rings is 1. The first kappa shape index (κ1) is 14.3. The van der Waals surface area contributed by atoms with Crippen LogP contribution in [0.2, 0.25) is 0 Å². The van der Waals surface area contributed by atoms with Crippen LogP contribution in [0.3, 0.4) is 0 Å². The van der Waals surface area contributed by atoms with Gasteiger partial charge in [-0.15, -0.1) is 5.10 Å². The highest BCUT2D eigenvalue weighted by Crippen LogP contribution is 2.06. The van der Waals surface area contributed by atoms with Crippen LogP contribution < -0.4 is 5.76 Å². The normalized spacial score (nSPS) is 11.0. The van der Waals surface area contributed by atoms with Crippen molar-refractivity contribution in [2.45, 2.75) is 19.7 Å². The van der Waals surface area contributed by atoms with Crippen LogP contribution in [0.1, 0.15) is 17.3 Å². The zero-order valence-corrected chi connectivity index (χ0v) is 12.2. The number of methoxy groups -OCH3 is 1. The minimum absolute atomic E-state index is 0.167. The molecule has 0 aliphatic heterocycles. The molecule has 0 radical (unpaired) electrons. The third kappa shape index (κ3) is 3.15. The first-order valence-corrected chi connectivity index (χ1v) is 6.86. The van der Waals surface area contributed by atoms with Gasteiger partial charge in [0.2, 0.25) is 5.89 Å². The zero-order valence-electron chi connectivity index (χ0n) is 12.2. The Hall–Kier alpha value is -2.67. The summed E-state index contributed by atoms with van der Waals surface area (Å²) in [6.45, 7) is 1.11. The zero-order chi connectivity index (χ0) is 15.4. The van der Waals surface area contributed by atoms with Crippen LogP contribution in [-0.2, 0) is 24.4 Å². The number of hydrogen-bond donors (Lipinski definition) is 0. The molecule has 0 saturated heterocycles. The molecule has 7 heteroatoms. The van der Waals surface area contributed by atoms with E-state index in [0.717, 1.165) is 11.4 Å². The second-order valence-electron chi connectivity index (χ2n) is 4.81. The lowest BCUT2D eigenvalue weighted by molar-refractivity contribution is 0.158. The van der Waals surface area contributed by atoms with Crippen molar-refractivity contribution in [1.29, 1.82) is 0 Å². The molecule has 0 fully saturated rings. The van der Waals surface area contributed by atoms with Crippen LogP contribution >= 0.6 is 0 Å². The van der Waals surface area contributed by atoms with E-state index in [1.165, 1.54) is 11.8 Å². The Morgan fingerprint density at radius 3 is 2.82 bits per heavy atom. The van der Waals surface area contributed by atoms with Gasteiger partial charge in [0.25, 0.3) is 0 Å². The van der Waals surface area contributed by atoms with Gasteiger partial charge in [0.15, 0.2) is 0 Å². The lowest BCUT2D eigenvalue weighted by Crippen LogP contribution is -2.19. The fourth-order valence-corrected chi connectivity index (χ4v) is 2.18. The Balaban J connectivity index is 1.79.